The Morgan fingerprint density at radius 2 is 1.85 bits per heavy atom. The van der Waals surface area contributed by atoms with Crippen molar-refractivity contribution in [3.63, 3.8) is 0 Å². The van der Waals surface area contributed by atoms with Gasteiger partial charge in [-0.2, -0.15) is 5.10 Å². The van der Waals surface area contributed by atoms with Crippen LogP contribution < -0.4 is 10.2 Å². The zero-order valence-corrected chi connectivity index (χ0v) is 14.8. The van der Waals surface area contributed by atoms with Gasteiger partial charge in [0, 0.05) is 17.7 Å². The van der Waals surface area contributed by atoms with Crippen molar-refractivity contribution in [3.05, 3.63) is 77.0 Å². The summed E-state index contributed by atoms with van der Waals surface area (Å²) in [6.07, 6.45) is 1.73. The van der Waals surface area contributed by atoms with Crippen LogP contribution in [0.3, 0.4) is 0 Å². The first-order chi connectivity index (χ1) is 13.1. The van der Waals surface area contributed by atoms with E-state index in [1.165, 1.54) is 5.56 Å². The molecular formula is C21H18N4O2. The highest BCUT2D eigenvalue weighted by Crippen LogP contribution is 2.51. The van der Waals surface area contributed by atoms with Crippen molar-refractivity contribution < 1.29 is 9.59 Å². The van der Waals surface area contributed by atoms with Crippen molar-refractivity contribution in [1.82, 2.24) is 10.2 Å². The van der Waals surface area contributed by atoms with E-state index in [-0.39, 0.29) is 18.2 Å². The van der Waals surface area contributed by atoms with Crippen LogP contribution in [0, 0.1) is 6.92 Å². The Balaban J connectivity index is 1.67. The van der Waals surface area contributed by atoms with Crippen molar-refractivity contribution in [3.8, 4) is 0 Å². The molecule has 5 rings (SSSR count). The van der Waals surface area contributed by atoms with Gasteiger partial charge in [0.1, 0.15) is 11.2 Å². The molecule has 1 spiro atoms. The second-order valence-corrected chi connectivity index (χ2v) is 7.18. The minimum atomic E-state index is -1.02. The summed E-state index contributed by atoms with van der Waals surface area (Å²) in [5, 5.41) is 9.67. The van der Waals surface area contributed by atoms with Crippen molar-refractivity contribution in [2.45, 2.75) is 25.3 Å². The fourth-order valence-electron chi connectivity index (χ4n) is 4.21. The lowest BCUT2D eigenvalue weighted by Crippen LogP contribution is -2.46. The molecule has 27 heavy (non-hydrogen) atoms. The van der Waals surface area contributed by atoms with E-state index in [4.69, 9.17) is 0 Å². The highest BCUT2D eigenvalue weighted by Gasteiger charge is 2.56. The Kier molecular flexibility index (Phi) is 3.25. The quantitative estimate of drug-likeness (QED) is 0.739. The first kappa shape index (κ1) is 15.8. The fraction of sp³-hybridized carbons (Fsp3) is 0.190. The lowest BCUT2D eigenvalue weighted by molar-refractivity contribution is -0.126. The minimum absolute atomic E-state index is 0.0817. The Morgan fingerprint density at radius 3 is 2.67 bits per heavy atom. The van der Waals surface area contributed by atoms with Crippen LogP contribution in [0.4, 0.5) is 11.5 Å². The standard InChI is InChI=1S/C21H18N4O2/c1-13-6-8-14(9-7-13)12-25-17-5-3-2-4-15(17)21(20(25)27)10-18(26)23-19-16(21)11-22-24-19/h2-9,11H,10,12H2,1H3,(H2,22,23,24,26)/t21-/m1/s1. The van der Waals surface area contributed by atoms with E-state index in [1.54, 1.807) is 11.1 Å². The topological polar surface area (TPSA) is 78.1 Å². The van der Waals surface area contributed by atoms with E-state index in [0.717, 1.165) is 22.4 Å². The van der Waals surface area contributed by atoms with Gasteiger partial charge >= 0.3 is 0 Å². The molecule has 0 radical (unpaired) electrons. The number of carbonyl (C=O) groups excluding carboxylic acids is 2. The van der Waals surface area contributed by atoms with Crippen LogP contribution in [0.5, 0.6) is 0 Å². The number of rotatable bonds is 2. The monoisotopic (exact) mass is 358 g/mol. The molecule has 0 aliphatic carbocycles. The lowest BCUT2D eigenvalue weighted by atomic mass is 9.72. The number of hydrogen-bond acceptors (Lipinski definition) is 3. The molecule has 0 unspecified atom stereocenters. The third-order valence-electron chi connectivity index (χ3n) is 5.52. The van der Waals surface area contributed by atoms with Crippen LogP contribution in [0.15, 0.2) is 54.7 Å². The molecule has 0 fully saturated rings. The molecule has 6 nitrogen and oxygen atoms in total. The van der Waals surface area contributed by atoms with Gasteiger partial charge in [-0.3, -0.25) is 14.7 Å². The number of benzene rings is 2. The summed E-state index contributed by atoms with van der Waals surface area (Å²) < 4.78 is 0. The van der Waals surface area contributed by atoms with Gasteiger partial charge in [0.15, 0.2) is 0 Å². The number of aryl methyl sites for hydroxylation is 1. The summed E-state index contributed by atoms with van der Waals surface area (Å²) in [5.74, 6) is 0.237. The van der Waals surface area contributed by atoms with Gasteiger partial charge < -0.3 is 10.2 Å². The van der Waals surface area contributed by atoms with Gasteiger partial charge in [-0.25, -0.2) is 0 Å². The smallest absolute Gasteiger partial charge is 0.243 e. The summed E-state index contributed by atoms with van der Waals surface area (Å²) in [6.45, 7) is 2.50. The molecule has 0 saturated heterocycles. The first-order valence-electron chi connectivity index (χ1n) is 8.90. The van der Waals surface area contributed by atoms with Gasteiger partial charge in [-0.15, -0.1) is 0 Å². The van der Waals surface area contributed by atoms with Crippen molar-refractivity contribution in [1.29, 1.82) is 0 Å². The summed E-state index contributed by atoms with van der Waals surface area (Å²) >= 11 is 0. The zero-order chi connectivity index (χ0) is 18.6. The maximum absolute atomic E-state index is 13.7. The van der Waals surface area contributed by atoms with Crippen LogP contribution in [-0.4, -0.2) is 22.0 Å². The van der Waals surface area contributed by atoms with E-state index in [0.29, 0.717) is 12.4 Å². The van der Waals surface area contributed by atoms with Crippen LogP contribution in [-0.2, 0) is 21.5 Å². The number of H-pyrrole nitrogens is 1. The Bertz CT molecular complexity index is 1070. The van der Waals surface area contributed by atoms with Gasteiger partial charge in [0.25, 0.3) is 0 Å². The predicted molar refractivity (Wildman–Crippen MR) is 101 cm³/mol. The van der Waals surface area contributed by atoms with Crippen LogP contribution in [0.1, 0.15) is 28.7 Å². The molecule has 2 amide bonds. The SMILES string of the molecule is Cc1ccc(CN2C(=O)[C@]3(CC(=O)Nc4[nH]ncc43)c3ccccc32)cc1. The van der Waals surface area contributed by atoms with Crippen molar-refractivity contribution in [2.24, 2.45) is 0 Å². The van der Waals surface area contributed by atoms with Crippen LogP contribution >= 0.6 is 0 Å². The van der Waals surface area contributed by atoms with Crippen molar-refractivity contribution >= 4 is 23.3 Å². The van der Waals surface area contributed by atoms with E-state index < -0.39 is 5.41 Å². The van der Waals surface area contributed by atoms with E-state index in [2.05, 4.69) is 15.5 Å². The average Bonchev–Trinajstić information content (AvgIpc) is 3.22. The second-order valence-electron chi connectivity index (χ2n) is 7.18. The van der Waals surface area contributed by atoms with Gasteiger partial charge in [-0.05, 0) is 24.1 Å². The van der Waals surface area contributed by atoms with Crippen LogP contribution in [0.25, 0.3) is 0 Å². The molecule has 1 aromatic heterocycles. The first-order valence-corrected chi connectivity index (χ1v) is 8.90. The third-order valence-corrected chi connectivity index (χ3v) is 5.52. The molecule has 2 N–H and O–H groups in total. The molecule has 1 atom stereocenters. The number of anilines is 2. The normalized spacial score (nSPS) is 20.6. The number of aromatic nitrogens is 2. The van der Waals surface area contributed by atoms with Gasteiger partial charge in [0.05, 0.1) is 12.7 Å². The molecule has 6 heteroatoms. The fourth-order valence-corrected chi connectivity index (χ4v) is 4.21. The highest BCUT2D eigenvalue weighted by molar-refractivity contribution is 6.15. The number of nitrogens with one attached hydrogen (secondary N) is 2. The van der Waals surface area contributed by atoms with E-state index in [1.807, 2.05) is 55.5 Å². The van der Waals surface area contributed by atoms with Gasteiger partial charge in [0.2, 0.25) is 11.8 Å². The van der Waals surface area contributed by atoms with Crippen molar-refractivity contribution in [2.75, 3.05) is 10.2 Å². The number of aromatic amines is 1. The molecule has 2 aliphatic rings. The largest absolute Gasteiger partial charge is 0.311 e. The molecule has 3 heterocycles. The average molecular weight is 358 g/mol. The maximum Gasteiger partial charge on any atom is 0.243 e. The van der Waals surface area contributed by atoms with Gasteiger partial charge in [-0.1, -0.05) is 48.0 Å². The molecule has 134 valence electrons. The highest BCUT2D eigenvalue weighted by atomic mass is 16.2. The number of carbonyl (C=O) groups is 2. The predicted octanol–water partition coefficient (Wildman–Crippen LogP) is 2.89. The number of amides is 2. The molecule has 0 saturated carbocycles. The van der Waals surface area contributed by atoms with E-state index >= 15 is 0 Å². The summed E-state index contributed by atoms with van der Waals surface area (Å²) in [7, 11) is 0. The number of nitrogens with zero attached hydrogens (tertiary/aromatic N) is 2. The summed E-state index contributed by atoms with van der Waals surface area (Å²) in [6, 6.07) is 15.9. The molecular weight excluding hydrogens is 340 g/mol. The molecule has 3 aromatic rings. The van der Waals surface area contributed by atoms with Crippen LogP contribution in [0.2, 0.25) is 0 Å². The maximum atomic E-state index is 13.7. The molecule has 2 aromatic carbocycles. The minimum Gasteiger partial charge on any atom is -0.311 e. The number of fused-ring (bicyclic) bond motifs is 4. The lowest BCUT2D eigenvalue weighted by Gasteiger charge is -2.31. The van der Waals surface area contributed by atoms with E-state index in [9.17, 15) is 9.59 Å². The Morgan fingerprint density at radius 1 is 1.07 bits per heavy atom. The number of hydrogen-bond donors (Lipinski definition) is 2. The molecule has 0 bridgehead atoms. The third kappa shape index (κ3) is 2.16. The Hall–Kier alpha value is -3.41. The second kappa shape index (κ2) is 5.54. The number of para-hydroxylation sites is 1. The summed E-state index contributed by atoms with van der Waals surface area (Å²) in [5.41, 5.74) is 3.64. The Labute approximate surface area is 156 Å². The summed E-state index contributed by atoms with van der Waals surface area (Å²) in [4.78, 5) is 27.9. The molecule has 2 aliphatic heterocycles. The zero-order valence-electron chi connectivity index (χ0n) is 14.8.